The summed E-state index contributed by atoms with van der Waals surface area (Å²) < 4.78 is 57.5. The lowest BCUT2D eigenvalue weighted by Crippen LogP contribution is -2.21. The molecular formula is C11H22F3NO4S. The van der Waals surface area contributed by atoms with E-state index in [0.717, 1.165) is 13.0 Å². The molecule has 0 aromatic carbocycles. The van der Waals surface area contributed by atoms with Crippen molar-refractivity contribution in [2.24, 2.45) is 0 Å². The minimum absolute atomic E-state index is 0.0866. The molecule has 0 aliphatic rings. The number of nitrogens with one attached hydrogen (secondary N) is 1. The maximum Gasteiger partial charge on any atom is 0.522 e. The van der Waals surface area contributed by atoms with Crippen LogP contribution in [0.4, 0.5) is 13.2 Å². The van der Waals surface area contributed by atoms with Crippen LogP contribution in [-0.2, 0) is 14.9 Å². The number of alkyl halides is 3. The lowest BCUT2D eigenvalue weighted by atomic mass is 10.1. The SMILES string of the molecule is CCCCCCCCNC(C)=O.O=S(=O)(O)C(F)(F)F. The molecule has 2 N–H and O–H groups in total. The highest BCUT2D eigenvalue weighted by atomic mass is 32.2. The van der Waals surface area contributed by atoms with Crippen molar-refractivity contribution in [1.82, 2.24) is 5.32 Å². The van der Waals surface area contributed by atoms with Crippen LogP contribution in [0.3, 0.4) is 0 Å². The molecule has 0 aliphatic heterocycles. The van der Waals surface area contributed by atoms with E-state index in [1.165, 1.54) is 32.1 Å². The van der Waals surface area contributed by atoms with Gasteiger partial charge in [0.2, 0.25) is 5.91 Å². The predicted molar refractivity (Wildman–Crippen MR) is 69.7 cm³/mol. The zero-order chi connectivity index (χ0) is 16.2. The molecule has 0 heterocycles. The average molecular weight is 321 g/mol. The van der Waals surface area contributed by atoms with Gasteiger partial charge in [0.05, 0.1) is 0 Å². The molecule has 0 atom stereocenters. The molecule has 0 aromatic heterocycles. The van der Waals surface area contributed by atoms with Crippen LogP contribution < -0.4 is 5.32 Å². The van der Waals surface area contributed by atoms with Gasteiger partial charge in [0.15, 0.2) is 0 Å². The third-order valence-corrected chi connectivity index (χ3v) is 2.78. The number of carbonyl (C=O) groups is 1. The summed E-state index contributed by atoms with van der Waals surface area (Å²) in [6.45, 7) is 4.63. The summed E-state index contributed by atoms with van der Waals surface area (Å²) in [4.78, 5) is 10.5. The molecule has 0 spiro atoms. The highest BCUT2D eigenvalue weighted by Crippen LogP contribution is 2.20. The summed E-state index contributed by atoms with van der Waals surface area (Å²) in [6, 6.07) is 0. The van der Waals surface area contributed by atoms with Gasteiger partial charge in [-0.15, -0.1) is 0 Å². The maximum absolute atomic E-state index is 10.7. The van der Waals surface area contributed by atoms with Gasteiger partial charge in [-0.25, -0.2) is 0 Å². The Kier molecular flexibility index (Phi) is 11.7. The quantitative estimate of drug-likeness (QED) is 0.429. The summed E-state index contributed by atoms with van der Waals surface area (Å²) in [5.74, 6) is 0.0866. The van der Waals surface area contributed by atoms with Gasteiger partial charge in [0.1, 0.15) is 0 Å². The number of carbonyl (C=O) groups excluding carboxylic acids is 1. The van der Waals surface area contributed by atoms with E-state index in [9.17, 15) is 18.0 Å². The van der Waals surface area contributed by atoms with Gasteiger partial charge in [-0.05, 0) is 6.42 Å². The van der Waals surface area contributed by atoms with Crippen LogP contribution in [0.5, 0.6) is 0 Å². The summed E-state index contributed by atoms with van der Waals surface area (Å²) >= 11 is 0. The maximum atomic E-state index is 10.7. The summed E-state index contributed by atoms with van der Waals surface area (Å²) in [6.07, 6.45) is 7.68. The highest BCUT2D eigenvalue weighted by Gasteiger charge is 2.44. The number of hydrogen-bond acceptors (Lipinski definition) is 3. The first-order valence-corrected chi connectivity index (χ1v) is 7.74. The van der Waals surface area contributed by atoms with Crippen molar-refractivity contribution in [3.8, 4) is 0 Å². The molecule has 5 nitrogen and oxygen atoms in total. The third-order valence-electron chi connectivity index (χ3n) is 2.20. The van der Waals surface area contributed by atoms with Gasteiger partial charge in [-0.2, -0.15) is 21.6 Å². The molecule has 0 rings (SSSR count). The van der Waals surface area contributed by atoms with E-state index in [1.807, 2.05) is 0 Å². The molecule has 0 saturated heterocycles. The Labute approximate surface area is 117 Å². The first kappa shape index (κ1) is 21.5. The first-order valence-electron chi connectivity index (χ1n) is 6.30. The topological polar surface area (TPSA) is 83.5 Å². The second kappa shape index (κ2) is 10.9. The molecule has 0 aromatic rings. The fourth-order valence-electron chi connectivity index (χ4n) is 1.17. The van der Waals surface area contributed by atoms with E-state index in [-0.39, 0.29) is 5.91 Å². The summed E-state index contributed by atoms with van der Waals surface area (Å²) in [7, 11) is -5.84. The Bertz CT molecular complexity index is 355. The summed E-state index contributed by atoms with van der Waals surface area (Å²) in [5, 5.41) is 2.80. The van der Waals surface area contributed by atoms with E-state index in [4.69, 9.17) is 13.0 Å². The molecule has 0 fully saturated rings. The fraction of sp³-hybridized carbons (Fsp3) is 0.909. The molecule has 9 heteroatoms. The largest absolute Gasteiger partial charge is 0.522 e. The predicted octanol–water partition coefficient (Wildman–Crippen LogP) is 2.88. The van der Waals surface area contributed by atoms with Gasteiger partial charge in [-0.3, -0.25) is 9.35 Å². The molecule has 0 bridgehead atoms. The lowest BCUT2D eigenvalue weighted by Gasteiger charge is -2.01. The molecule has 0 radical (unpaired) electrons. The Balaban J connectivity index is 0. The van der Waals surface area contributed by atoms with Crippen LogP contribution in [0.1, 0.15) is 52.4 Å². The lowest BCUT2D eigenvalue weighted by molar-refractivity contribution is -0.118. The zero-order valence-electron chi connectivity index (χ0n) is 11.7. The Morgan fingerprint density at radius 3 is 1.85 bits per heavy atom. The van der Waals surface area contributed by atoms with Crippen LogP contribution in [0.25, 0.3) is 0 Å². The number of halogens is 3. The van der Waals surface area contributed by atoms with Crippen molar-refractivity contribution < 1.29 is 30.9 Å². The Hall–Kier alpha value is -0.830. The molecular weight excluding hydrogens is 299 g/mol. The highest BCUT2D eigenvalue weighted by molar-refractivity contribution is 7.86. The minimum atomic E-state index is -5.84. The van der Waals surface area contributed by atoms with E-state index in [1.54, 1.807) is 6.92 Å². The van der Waals surface area contributed by atoms with Gasteiger partial charge in [0.25, 0.3) is 0 Å². The van der Waals surface area contributed by atoms with Gasteiger partial charge in [-0.1, -0.05) is 39.0 Å². The van der Waals surface area contributed by atoms with Crippen molar-refractivity contribution in [2.75, 3.05) is 6.54 Å². The number of rotatable bonds is 7. The average Bonchev–Trinajstić information content (AvgIpc) is 2.25. The molecule has 1 amide bonds. The van der Waals surface area contributed by atoms with Crippen molar-refractivity contribution in [1.29, 1.82) is 0 Å². The van der Waals surface area contributed by atoms with E-state index in [0.29, 0.717) is 0 Å². The fourth-order valence-corrected chi connectivity index (χ4v) is 1.17. The number of unbranched alkanes of at least 4 members (excludes halogenated alkanes) is 5. The molecule has 122 valence electrons. The van der Waals surface area contributed by atoms with E-state index < -0.39 is 15.6 Å². The van der Waals surface area contributed by atoms with Gasteiger partial charge in [0, 0.05) is 13.5 Å². The van der Waals surface area contributed by atoms with Crippen LogP contribution >= 0.6 is 0 Å². The second-order valence-corrected chi connectivity index (χ2v) is 5.58. The van der Waals surface area contributed by atoms with Gasteiger partial charge >= 0.3 is 15.6 Å². The normalized spacial score (nSPS) is 11.5. The minimum Gasteiger partial charge on any atom is -0.356 e. The summed E-state index contributed by atoms with van der Waals surface area (Å²) in [5.41, 5.74) is -5.53. The molecule has 0 aliphatic carbocycles. The molecule has 0 saturated carbocycles. The zero-order valence-corrected chi connectivity index (χ0v) is 12.5. The van der Waals surface area contributed by atoms with Crippen molar-refractivity contribution in [3.63, 3.8) is 0 Å². The molecule has 0 unspecified atom stereocenters. The number of hydrogen-bond donors (Lipinski definition) is 2. The van der Waals surface area contributed by atoms with Crippen LogP contribution in [0.2, 0.25) is 0 Å². The standard InChI is InChI=1S/C10H21NO.CHF3O3S/c1-3-4-5-6-7-8-9-11-10(2)12;2-1(3,4)8(5,6)7/h3-9H2,1-2H3,(H,11,12);(H,5,6,7). The van der Waals surface area contributed by atoms with Crippen molar-refractivity contribution in [3.05, 3.63) is 0 Å². The second-order valence-electron chi connectivity index (χ2n) is 4.17. The Morgan fingerprint density at radius 1 is 1.10 bits per heavy atom. The van der Waals surface area contributed by atoms with Crippen LogP contribution in [0, 0.1) is 0 Å². The van der Waals surface area contributed by atoms with E-state index >= 15 is 0 Å². The van der Waals surface area contributed by atoms with Crippen molar-refractivity contribution in [2.45, 2.75) is 57.9 Å². The van der Waals surface area contributed by atoms with E-state index in [2.05, 4.69) is 12.2 Å². The number of amides is 1. The monoisotopic (exact) mass is 321 g/mol. The third kappa shape index (κ3) is 15.2. The molecule has 20 heavy (non-hydrogen) atoms. The van der Waals surface area contributed by atoms with Crippen LogP contribution in [-0.4, -0.2) is 30.9 Å². The van der Waals surface area contributed by atoms with Gasteiger partial charge < -0.3 is 5.32 Å². The first-order chi connectivity index (χ1) is 9.02. The van der Waals surface area contributed by atoms with Crippen LogP contribution in [0.15, 0.2) is 0 Å². The van der Waals surface area contributed by atoms with Crippen molar-refractivity contribution >= 4 is 16.0 Å². The Morgan fingerprint density at radius 2 is 1.50 bits per heavy atom. The smallest absolute Gasteiger partial charge is 0.356 e.